The molecule has 2 aromatic carbocycles. The molecule has 138 valence electrons. The van der Waals surface area contributed by atoms with Gasteiger partial charge in [0.1, 0.15) is 17.2 Å². The third-order valence-electron chi connectivity index (χ3n) is 4.68. The predicted molar refractivity (Wildman–Crippen MR) is 109 cm³/mol. The number of aromatic nitrogens is 2. The summed E-state index contributed by atoms with van der Waals surface area (Å²) in [7, 11) is 1.77. The Labute approximate surface area is 157 Å². The van der Waals surface area contributed by atoms with Crippen LogP contribution in [-0.2, 0) is 13.0 Å². The minimum Gasteiger partial charge on any atom is -0.459 e. The molecule has 0 saturated heterocycles. The Morgan fingerprint density at radius 1 is 1.11 bits per heavy atom. The molecule has 0 saturated carbocycles. The number of hydrogen-bond donors (Lipinski definition) is 3. The summed E-state index contributed by atoms with van der Waals surface area (Å²) in [5.74, 6) is 2.63. The van der Waals surface area contributed by atoms with E-state index in [0.29, 0.717) is 6.54 Å². The number of imidazole rings is 1. The van der Waals surface area contributed by atoms with Crippen LogP contribution in [0.25, 0.3) is 22.0 Å². The Hall–Kier alpha value is -3.28. The van der Waals surface area contributed by atoms with Gasteiger partial charge in [-0.1, -0.05) is 30.3 Å². The zero-order valence-corrected chi connectivity index (χ0v) is 15.5. The molecule has 0 amide bonds. The number of aromatic amines is 1. The van der Waals surface area contributed by atoms with Crippen molar-refractivity contribution in [2.75, 3.05) is 13.6 Å². The number of fused-ring (bicyclic) bond motifs is 2. The lowest BCUT2D eigenvalue weighted by Gasteiger charge is -2.10. The lowest BCUT2D eigenvalue weighted by atomic mass is 10.1. The minimum absolute atomic E-state index is 0.588. The summed E-state index contributed by atoms with van der Waals surface area (Å²) in [6, 6.07) is 16.1. The summed E-state index contributed by atoms with van der Waals surface area (Å²) in [6.45, 7) is 3.41. The highest BCUT2D eigenvalue weighted by molar-refractivity contribution is 5.83. The monoisotopic (exact) mass is 361 g/mol. The van der Waals surface area contributed by atoms with E-state index in [0.717, 1.165) is 58.1 Å². The highest BCUT2D eigenvalue weighted by Crippen LogP contribution is 2.24. The van der Waals surface area contributed by atoms with Gasteiger partial charge < -0.3 is 20.0 Å². The number of para-hydroxylation sites is 3. The molecule has 0 atom stereocenters. The lowest BCUT2D eigenvalue weighted by molar-refractivity contribution is 0.534. The molecule has 2 heterocycles. The van der Waals surface area contributed by atoms with Crippen LogP contribution in [0.15, 0.2) is 57.9 Å². The van der Waals surface area contributed by atoms with E-state index < -0.39 is 0 Å². The van der Waals surface area contributed by atoms with Crippen molar-refractivity contribution in [2.24, 2.45) is 4.99 Å². The standard InChI is InChI=1S/C21H23N5O/c1-14-15-7-3-6-10-18(15)27-19(14)13-24-21(22-2)23-12-11-20-25-16-8-4-5-9-17(16)26-20/h3-10H,11-13H2,1-2H3,(H,25,26)(H2,22,23,24). The smallest absolute Gasteiger partial charge is 0.191 e. The van der Waals surface area contributed by atoms with Crippen molar-refractivity contribution in [3.8, 4) is 0 Å². The van der Waals surface area contributed by atoms with Crippen LogP contribution in [0.3, 0.4) is 0 Å². The third kappa shape index (κ3) is 3.65. The first-order valence-electron chi connectivity index (χ1n) is 9.10. The van der Waals surface area contributed by atoms with E-state index in [9.17, 15) is 0 Å². The fourth-order valence-corrected chi connectivity index (χ4v) is 3.20. The van der Waals surface area contributed by atoms with Crippen LogP contribution in [0.2, 0.25) is 0 Å². The zero-order valence-electron chi connectivity index (χ0n) is 15.5. The normalized spacial score (nSPS) is 12.0. The quantitative estimate of drug-likeness (QED) is 0.375. The van der Waals surface area contributed by atoms with E-state index in [1.807, 2.05) is 42.5 Å². The number of aryl methyl sites for hydroxylation is 1. The summed E-state index contributed by atoms with van der Waals surface area (Å²) in [5.41, 5.74) is 4.14. The number of H-pyrrole nitrogens is 1. The van der Waals surface area contributed by atoms with Crippen molar-refractivity contribution in [1.82, 2.24) is 20.6 Å². The van der Waals surface area contributed by atoms with Crippen LogP contribution in [0.1, 0.15) is 17.1 Å². The molecule has 6 heteroatoms. The third-order valence-corrected chi connectivity index (χ3v) is 4.68. The maximum atomic E-state index is 5.94. The first kappa shape index (κ1) is 17.1. The molecule has 0 bridgehead atoms. The Balaban J connectivity index is 1.33. The van der Waals surface area contributed by atoms with Gasteiger partial charge in [0.05, 0.1) is 17.6 Å². The molecular weight excluding hydrogens is 338 g/mol. The van der Waals surface area contributed by atoms with Crippen molar-refractivity contribution in [1.29, 1.82) is 0 Å². The SMILES string of the molecule is CN=C(NCCc1nc2ccccc2[nH]1)NCc1oc2ccccc2c1C. The van der Waals surface area contributed by atoms with Crippen molar-refractivity contribution < 1.29 is 4.42 Å². The van der Waals surface area contributed by atoms with Crippen molar-refractivity contribution in [3.05, 3.63) is 65.7 Å². The number of hydrogen-bond acceptors (Lipinski definition) is 3. The summed E-state index contributed by atoms with van der Waals surface area (Å²) < 4.78 is 5.94. The van der Waals surface area contributed by atoms with Gasteiger partial charge in [-0.05, 0) is 25.1 Å². The van der Waals surface area contributed by atoms with E-state index in [4.69, 9.17) is 4.42 Å². The van der Waals surface area contributed by atoms with E-state index in [1.165, 1.54) is 0 Å². The summed E-state index contributed by atoms with van der Waals surface area (Å²) in [4.78, 5) is 12.2. The van der Waals surface area contributed by atoms with Gasteiger partial charge in [-0.3, -0.25) is 4.99 Å². The minimum atomic E-state index is 0.588. The maximum absolute atomic E-state index is 5.94. The van der Waals surface area contributed by atoms with E-state index >= 15 is 0 Å². The molecule has 0 aliphatic rings. The average Bonchev–Trinajstić information content (AvgIpc) is 3.25. The second-order valence-corrected chi connectivity index (χ2v) is 6.45. The first-order chi connectivity index (χ1) is 13.2. The zero-order chi connectivity index (χ0) is 18.6. The molecule has 2 aromatic heterocycles. The van der Waals surface area contributed by atoms with Crippen LogP contribution in [0.4, 0.5) is 0 Å². The molecule has 0 radical (unpaired) electrons. The van der Waals surface area contributed by atoms with Crippen LogP contribution < -0.4 is 10.6 Å². The number of aliphatic imine (C=N–C) groups is 1. The second kappa shape index (κ2) is 7.53. The summed E-state index contributed by atoms with van der Waals surface area (Å²) >= 11 is 0. The highest BCUT2D eigenvalue weighted by Gasteiger charge is 2.10. The maximum Gasteiger partial charge on any atom is 0.191 e. The van der Waals surface area contributed by atoms with E-state index in [-0.39, 0.29) is 0 Å². The fraction of sp³-hybridized carbons (Fsp3) is 0.238. The van der Waals surface area contributed by atoms with Gasteiger partial charge in [-0.15, -0.1) is 0 Å². The van der Waals surface area contributed by atoms with Crippen LogP contribution in [0.5, 0.6) is 0 Å². The van der Waals surface area contributed by atoms with Gasteiger partial charge in [0.15, 0.2) is 5.96 Å². The molecule has 4 rings (SSSR count). The average molecular weight is 361 g/mol. The van der Waals surface area contributed by atoms with Gasteiger partial charge in [0, 0.05) is 31.0 Å². The number of nitrogens with zero attached hydrogens (tertiary/aromatic N) is 2. The van der Waals surface area contributed by atoms with Crippen molar-refractivity contribution >= 4 is 28.0 Å². The highest BCUT2D eigenvalue weighted by atomic mass is 16.3. The Bertz CT molecular complexity index is 1060. The Morgan fingerprint density at radius 2 is 1.93 bits per heavy atom. The Morgan fingerprint density at radius 3 is 2.74 bits per heavy atom. The number of rotatable bonds is 5. The van der Waals surface area contributed by atoms with Gasteiger partial charge in [-0.25, -0.2) is 4.98 Å². The van der Waals surface area contributed by atoms with Crippen molar-refractivity contribution in [3.63, 3.8) is 0 Å². The second-order valence-electron chi connectivity index (χ2n) is 6.45. The molecule has 0 spiro atoms. The molecule has 27 heavy (non-hydrogen) atoms. The van der Waals surface area contributed by atoms with Crippen LogP contribution in [-0.4, -0.2) is 29.5 Å². The predicted octanol–water partition coefficient (Wildman–Crippen LogP) is 3.53. The molecular formula is C21H23N5O. The summed E-state index contributed by atoms with van der Waals surface area (Å²) in [6.07, 6.45) is 0.791. The lowest BCUT2D eigenvalue weighted by Crippen LogP contribution is -2.38. The van der Waals surface area contributed by atoms with E-state index in [1.54, 1.807) is 7.05 Å². The largest absolute Gasteiger partial charge is 0.459 e. The number of furan rings is 1. The van der Waals surface area contributed by atoms with Crippen LogP contribution in [0, 0.1) is 6.92 Å². The van der Waals surface area contributed by atoms with Crippen molar-refractivity contribution in [2.45, 2.75) is 19.9 Å². The molecule has 0 fully saturated rings. The van der Waals surface area contributed by atoms with Crippen LogP contribution >= 0.6 is 0 Å². The first-order valence-corrected chi connectivity index (χ1v) is 9.10. The molecule has 0 aliphatic heterocycles. The van der Waals surface area contributed by atoms with Gasteiger partial charge >= 0.3 is 0 Å². The molecule has 0 unspecified atom stereocenters. The topological polar surface area (TPSA) is 78.2 Å². The van der Waals surface area contributed by atoms with Gasteiger partial charge in [-0.2, -0.15) is 0 Å². The number of benzene rings is 2. The Kier molecular flexibility index (Phi) is 4.78. The molecule has 0 aliphatic carbocycles. The van der Waals surface area contributed by atoms with Gasteiger partial charge in [0.2, 0.25) is 0 Å². The van der Waals surface area contributed by atoms with Gasteiger partial charge in [0.25, 0.3) is 0 Å². The molecule has 4 aromatic rings. The fourth-order valence-electron chi connectivity index (χ4n) is 3.20. The molecule has 6 nitrogen and oxygen atoms in total. The summed E-state index contributed by atoms with van der Waals surface area (Å²) in [5, 5.41) is 7.79. The van der Waals surface area contributed by atoms with E-state index in [2.05, 4.69) is 38.6 Å². The number of guanidine groups is 1. The number of nitrogens with one attached hydrogen (secondary N) is 3. The molecule has 3 N–H and O–H groups in total.